The minimum atomic E-state index is 0.929. The van der Waals surface area contributed by atoms with Gasteiger partial charge in [-0.1, -0.05) is 103 Å². The summed E-state index contributed by atoms with van der Waals surface area (Å²) >= 11 is 1.89. The zero-order chi connectivity index (χ0) is 27.6. The molecule has 0 aliphatic rings. The van der Waals surface area contributed by atoms with E-state index in [4.69, 9.17) is 4.98 Å². The topological polar surface area (TPSA) is 30.7 Å². The summed E-state index contributed by atoms with van der Waals surface area (Å²) in [5, 5.41) is 6.01. The molecule has 0 saturated heterocycles. The van der Waals surface area contributed by atoms with Crippen molar-refractivity contribution in [1.82, 2.24) is 14.5 Å². The second-order valence-corrected chi connectivity index (χ2v) is 11.7. The Morgan fingerprint density at radius 3 is 2.14 bits per heavy atom. The fraction of sp³-hybridized carbons (Fsp3) is 0. The van der Waals surface area contributed by atoms with Gasteiger partial charge in [0.2, 0.25) is 0 Å². The third-order valence-electron chi connectivity index (χ3n) is 8.26. The van der Waals surface area contributed by atoms with Gasteiger partial charge in [-0.15, -0.1) is 11.3 Å². The third-order valence-corrected chi connectivity index (χ3v) is 9.53. The Labute approximate surface area is 246 Å². The van der Waals surface area contributed by atoms with Crippen molar-refractivity contribution >= 4 is 65.0 Å². The average molecular weight is 554 g/mol. The molecule has 9 aromatic rings. The van der Waals surface area contributed by atoms with Gasteiger partial charge in [-0.3, -0.25) is 9.97 Å². The normalized spacial score (nSPS) is 11.8. The van der Waals surface area contributed by atoms with E-state index in [9.17, 15) is 0 Å². The predicted molar refractivity (Wildman–Crippen MR) is 178 cm³/mol. The molecule has 4 aromatic heterocycles. The Morgan fingerprint density at radius 1 is 0.548 bits per heavy atom. The Balaban J connectivity index is 1.37. The first kappa shape index (κ1) is 23.4. The molecule has 4 heteroatoms. The number of nitrogens with zero attached hydrogens (tertiary/aromatic N) is 3. The van der Waals surface area contributed by atoms with Crippen molar-refractivity contribution in [3.8, 4) is 27.3 Å². The van der Waals surface area contributed by atoms with Gasteiger partial charge in [0.1, 0.15) is 0 Å². The van der Waals surface area contributed by atoms with Crippen LogP contribution in [0.3, 0.4) is 0 Å². The molecule has 5 aromatic carbocycles. The first-order chi connectivity index (χ1) is 20.8. The zero-order valence-electron chi connectivity index (χ0n) is 22.5. The molecule has 0 unspecified atom stereocenters. The monoisotopic (exact) mass is 553 g/mol. The van der Waals surface area contributed by atoms with Crippen LogP contribution in [0.5, 0.6) is 0 Å². The van der Waals surface area contributed by atoms with Crippen LogP contribution in [0, 0.1) is 0 Å². The molecule has 196 valence electrons. The Hall–Kier alpha value is -5.32. The lowest BCUT2D eigenvalue weighted by Gasteiger charge is -2.10. The summed E-state index contributed by atoms with van der Waals surface area (Å²) in [6, 6.07) is 45.5. The fourth-order valence-electron chi connectivity index (χ4n) is 6.42. The van der Waals surface area contributed by atoms with Gasteiger partial charge in [0.15, 0.2) is 0 Å². The van der Waals surface area contributed by atoms with E-state index in [1.54, 1.807) is 0 Å². The first-order valence-corrected chi connectivity index (χ1v) is 14.9. The number of rotatable bonds is 3. The number of hydrogen-bond acceptors (Lipinski definition) is 3. The third kappa shape index (κ3) is 3.39. The lowest BCUT2D eigenvalue weighted by atomic mass is 9.98. The molecule has 0 radical (unpaired) electrons. The molecule has 0 bridgehead atoms. The van der Waals surface area contributed by atoms with E-state index in [0.717, 1.165) is 27.5 Å². The average Bonchev–Trinajstić information content (AvgIpc) is 3.61. The molecule has 3 nitrogen and oxygen atoms in total. The Kier molecular flexibility index (Phi) is 5.07. The molecule has 0 amide bonds. The summed E-state index contributed by atoms with van der Waals surface area (Å²) < 4.78 is 3.67. The molecule has 0 aliphatic heterocycles. The lowest BCUT2D eigenvalue weighted by Crippen LogP contribution is -1.95. The summed E-state index contributed by atoms with van der Waals surface area (Å²) in [4.78, 5) is 10.9. The molecular formula is C38H23N3S. The van der Waals surface area contributed by atoms with Gasteiger partial charge in [-0.25, -0.2) is 0 Å². The highest BCUT2D eigenvalue weighted by molar-refractivity contribution is 7.24. The summed E-state index contributed by atoms with van der Waals surface area (Å²) in [7, 11) is 0. The largest absolute Gasteiger partial charge is 0.308 e. The summed E-state index contributed by atoms with van der Waals surface area (Å²) in [5.41, 5.74) is 9.06. The van der Waals surface area contributed by atoms with Crippen molar-refractivity contribution in [2.75, 3.05) is 0 Å². The molecule has 0 aliphatic carbocycles. The van der Waals surface area contributed by atoms with E-state index in [1.165, 1.54) is 53.5 Å². The molecule has 0 fully saturated rings. The molecular weight excluding hydrogens is 531 g/mol. The second kappa shape index (κ2) is 9.10. The van der Waals surface area contributed by atoms with Crippen molar-refractivity contribution in [2.24, 2.45) is 0 Å². The quantitative estimate of drug-likeness (QED) is 0.204. The van der Waals surface area contributed by atoms with Crippen LogP contribution in [0.25, 0.3) is 81.0 Å². The van der Waals surface area contributed by atoms with Gasteiger partial charge in [0.25, 0.3) is 0 Å². The summed E-state index contributed by atoms with van der Waals surface area (Å²) in [6.07, 6.45) is 3.83. The van der Waals surface area contributed by atoms with Crippen LogP contribution in [-0.2, 0) is 0 Å². The van der Waals surface area contributed by atoms with E-state index in [0.29, 0.717) is 0 Å². The number of fused-ring (bicyclic) bond motifs is 8. The number of pyridine rings is 2. The van der Waals surface area contributed by atoms with E-state index in [2.05, 4.69) is 131 Å². The summed E-state index contributed by atoms with van der Waals surface area (Å²) in [5.74, 6) is 0. The van der Waals surface area contributed by atoms with Crippen LogP contribution in [0.15, 0.2) is 140 Å². The summed E-state index contributed by atoms with van der Waals surface area (Å²) in [6.45, 7) is 0. The minimum absolute atomic E-state index is 0.929. The standard InChI is InChI=1S/C38H23N3S/c1-3-10-24(11-4-1)33-30-19-20-32-34(38(30)42-37(33)26-12-5-2-6-13-26)29-15-7-8-16-31(29)41(32)28-22-27-18-17-25-14-9-21-39-35(25)36(27)40-23-28/h1-23H. The van der Waals surface area contributed by atoms with Crippen LogP contribution in [-0.4, -0.2) is 14.5 Å². The van der Waals surface area contributed by atoms with Gasteiger partial charge >= 0.3 is 0 Å². The fourth-order valence-corrected chi connectivity index (χ4v) is 7.80. The van der Waals surface area contributed by atoms with Crippen molar-refractivity contribution in [3.05, 3.63) is 140 Å². The highest BCUT2D eigenvalue weighted by Gasteiger charge is 2.21. The van der Waals surface area contributed by atoms with Crippen molar-refractivity contribution < 1.29 is 0 Å². The molecule has 0 N–H and O–H groups in total. The maximum absolute atomic E-state index is 4.96. The van der Waals surface area contributed by atoms with E-state index >= 15 is 0 Å². The number of benzene rings is 5. The van der Waals surface area contributed by atoms with Crippen molar-refractivity contribution in [1.29, 1.82) is 0 Å². The number of para-hydroxylation sites is 1. The Morgan fingerprint density at radius 2 is 1.29 bits per heavy atom. The SMILES string of the molecule is c1ccc(-c2sc3c(ccc4c3c3ccccc3n4-c3cnc4c(ccc5cccnc54)c3)c2-c2ccccc2)cc1. The van der Waals surface area contributed by atoms with Crippen LogP contribution in [0.4, 0.5) is 0 Å². The number of aromatic nitrogens is 3. The molecule has 0 atom stereocenters. The highest BCUT2D eigenvalue weighted by Crippen LogP contribution is 2.49. The number of hydrogen-bond donors (Lipinski definition) is 0. The lowest BCUT2D eigenvalue weighted by molar-refractivity contribution is 1.16. The first-order valence-electron chi connectivity index (χ1n) is 14.1. The van der Waals surface area contributed by atoms with Crippen LogP contribution in [0.1, 0.15) is 0 Å². The van der Waals surface area contributed by atoms with E-state index < -0.39 is 0 Å². The van der Waals surface area contributed by atoms with E-state index in [1.807, 2.05) is 29.8 Å². The Bertz CT molecular complexity index is 2460. The van der Waals surface area contributed by atoms with Gasteiger partial charge in [-0.05, 0) is 35.4 Å². The molecule has 0 saturated carbocycles. The van der Waals surface area contributed by atoms with Crippen LogP contribution in [0.2, 0.25) is 0 Å². The van der Waals surface area contributed by atoms with Crippen molar-refractivity contribution in [3.63, 3.8) is 0 Å². The second-order valence-electron chi connectivity index (χ2n) is 10.6. The minimum Gasteiger partial charge on any atom is -0.308 e. The van der Waals surface area contributed by atoms with Gasteiger partial charge < -0.3 is 4.57 Å². The van der Waals surface area contributed by atoms with Gasteiger partial charge in [0.05, 0.1) is 34.0 Å². The number of thiophene rings is 1. The maximum atomic E-state index is 4.96. The van der Waals surface area contributed by atoms with Crippen LogP contribution >= 0.6 is 11.3 Å². The smallest absolute Gasteiger partial charge is 0.0966 e. The highest BCUT2D eigenvalue weighted by atomic mass is 32.1. The zero-order valence-corrected chi connectivity index (χ0v) is 23.3. The molecule has 9 rings (SSSR count). The predicted octanol–water partition coefficient (Wildman–Crippen LogP) is 10.4. The molecule has 42 heavy (non-hydrogen) atoms. The van der Waals surface area contributed by atoms with Gasteiger partial charge in [-0.2, -0.15) is 0 Å². The van der Waals surface area contributed by atoms with Crippen molar-refractivity contribution in [2.45, 2.75) is 0 Å². The molecule has 4 heterocycles. The molecule has 0 spiro atoms. The maximum Gasteiger partial charge on any atom is 0.0966 e. The van der Waals surface area contributed by atoms with Gasteiger partial charge in [0, 0.05) is 48.3 Å². The van der Waals surface area contributed by atoms with E-state index in [-0.39, 0.29) is 0 Å². The van der Waals surface area contributed by atoms with Crippen LogP contribution < -0.4 is 0 Å².